The number of aromatic nitrogens is 3. The Morgan fingerprint density at radius 1 is 1.09 bits per heavy atom. The number of carbonyl (C=O) groups is 2. The number of pyridine rings is 1. The van der Waals surface area contributed by atoms with Crippen molar-refractivity contribution in [3.63, 3.8) is 0 Å². The van der Waals surface area contributed by atoms with Gasteiger partial charge in [0, 0.05) is 29.3 Å². The van der Waals surface area contributed by atoms with Crippen molar-refractivity contribution in [3.8, 4) is 11.1 Å². The summed E-state index contributed by atoms with van der Waals surface area (Å²) in [6, 6.07) is 8.30. The molecule has 14 heteroatoms. The van der Waals surface area contributed by atoms with Crippen molar-refractivity contribution in [2.75, 3.05) is 0 Å². The Labute approximate surface area is 251 Å². The molecule has 2 heterocycles. The lowest BCUT2D eigenvalue weighted by Crippen LogP contribution is -2.34. The predicted molar refractivity (Wildman–Crippen MR) is 147 cm³/mol. The Hall–Kier alpha value is -4.72. The highest BCUT2D eigenvalue weighted by Crippen LogP contribution is 2.67. The standard InChI is InChI=1S/C31H25F6N5O3/c1-13-23-24(13)28(44)27-25(23)29(31(35,36)37)41-42(27)12-22(43)40-21(9-14-7-16(32)11-17(33)8-14)26-18(3-2-6-39-26)15-4-5-20(34)19(10-15)30(38)45/h2-8,10-11,13,21,23-24,28,44H,9,12H2,1H3,(H2,38,45)(H,40,43)/t13-,21-,23?,24-,28-/m0/s1. The van der Waals surface area contributed by atoms with Crippen molar-refractivity contribution in [1.29, 1.82) is 0 Å². The number of primary amides is 1. The van der Waals surface area contributed by atoms with Crippen molar-refractivity contribution in [3.05, 3.63) is 106 Å². The molecule has 0 saturated heterocycles. The summed E-state index contributed by atoms with van der Waals surface area (Å²) < 4.78 is 85.0. The van der Waals surface area contributed by atoms with Crippen LogP contribution in [0.1, 0.15) is 63.6 Å². The van der Waals surface area contributed by atoms with Crippen LogP contribution in [0.2, 0.25) is 0 Å². The molecule has 5 atom stereocenters. The van der Waals surface area contributed by atoms with Crippen molar-refractivity contribution in [2.24, 2.45) is 17.6 Å². The van der Waals surface area contributed by atoms with Gasteiger partial charge in [0.25, 0.3) is 5.91 Å². The van der Waals surface area contributed by atoms with E-state index in [1.807, 2.05) is 0 Å². The van der Waals surface area contributed by atoms with E-state index in [0.717, 1.165) is 22.9 Å². The van der Waals surface area contributed by atoms with Crippen LogP contribution in [0, 0.1) is 29.3 Å². The maximum absolute atomic E-state index is 14.2. The number of carbonyl (C=O) groups excluding carboxylic acids is 2. The van der Waals surface area contributed by atoms with E-state index >= 15 is 0 Å². The number of halogens is 6. The van der Waals surface area contributed by atoms with E-state index in [1.165, 1.54) is 24.4 Å². The Morgan fingerprint density at radius 2 is 1.80 bits per heavy atom. The van der Waals surface area contributed by atoms with E-state index in [-0.39, 0.29) is 40.4 Å². The lowest BCUT2D eigenvalue weighted by molar-refractivity contribution is -0.142. The highest BCUT2D eigenvalue weighted by Gasteiger charge is 2.63. The van der Waals surface area contributed by atoms with Crippen LogP contribution in [0.3, 0.4) is 0 Å². The topological polar surface area (TPSA) is 123 Å². The van der Waals surface area contributed by atoms with Gasteiger partial charge in [-0.1, -0.05) is 19.1 Å². The molecule has 2 aliphatic carbocycles. The van der Waals surface area contributed by atoms with Gasteiger partial charge in [-0.15, -0.1) is 0 Å². The van der Waals surface area contributed by atoms with E-state index in [9.17, 15) is 41.0 Å². The van der Waals surface area contributed by atoms with Crippen molar-refractivity contribution >= 4 is 11.8 Å². The molecule has 0 aliphatic heterocycles. The minimum atomic E-state index is -4.81. The highest BCUT2D eigenvalue weighted by molar-refractivity contribution is 5.94. The van der Waals surface area contributed by atoms with E-state index in [0.29, 0.717) is 11.6 Å². The number of alkyl halides is 3. The summed E-state index contributed by atoms with van der Waals surface area (Å²) in [6.45, 7) is 1.03. The quantitative estimate of drug-likeness (QED) is 0.238. The molecule has 2 amide bonds. The maximum Gasteiger partial charge on any atom is 0.435 e. The number of fused-ring (bicyclic) bond motifs is 3. The van der Waals surface area contributed by atoms with Crippen LogP contribution in [-0.4, -0.2) is 31.7 Å². The number of hydrogen-bond donors (Lipinski definition) is 3. The molecule has 234 valence electrons. The van der Waals surface area contributed by atoms with Gasteiger partial charge >= 0.3 is 6.18 Å². The third-order valence-corrected chi connectivity index (χ3v) is 8.43. The zero-order valence-corrected chi connectivity index (χ0v) is 23.4. The zero-order valence-electron chi connectivity index (χ0n) is 23.4. The third-order valence-electron chi connectivity index (χ3n) is 8.43. The summed E-state index contributed by atoms with van der Waals surface area (Å²) in [7, 11) is 0. The number of nitrogens with one attached hydrogen (secondary N) is 1. The molecule has 45 heavy (non-hydrogen) atoms. The second-order valence-corrected chi connectivity index (χ2v) is 11.3. The fourth-order valence-corrected chi connectivity index (χ4v) is 6.45. The molecule has 1 unspecified atom stereocenters. The molecule has 1 fully saturated rings. The molecule has 0 bridgehead atoms. The molecule has 0 radical (unpaired) electrons. The SMILES string of the molecule is C[C@H]1C2c3c(C(F)(F)F)nn(CC(=O)N[C@@H](Cc4cc(F)cc(F)c4)c4ncccc4-c4ccc(F)c(C(N)=O)c4)c3[C@@H](O)[C@H]21. The van der Waals surface area contributed by atoms with Crippen LogP contribution >= 0.6 is 0 Å². The Bertz CT molecular complexity index is 1820. The van der Waals surface area contributed by atoms with E-state index in [1.54, 1.807) is 13.0 Å². The van der Waals surface area contributed by atoms with Crippen LogP contribution in [-0.2, 0) is 23.9 Å². The van der Waals surface area contributed by atoms with Gasteiger partial charge in [0.05, 0.1) is 29.1 Å². The second kappa shape index (κ2) is 11.0. The van der Waals surface area contributed by atoms with Crippen molar-refractivity contribution < 1.29 is 41.0 Å². The minimum absolute atomic E-state index is 0.0712. The first-order valence-electron chi connectivity index (χ1n) is 13.9. The molecule has 8 nitrogen and oxygen atoms in total. The van der Waals surface area contributed by atoms with Crippen LogP contribution in [0.15, 0.2) is 54.7 Å². The summed E-state index contributed by atoms with van der Waals surface area (Å²) in [4.78, 5) is 29.6. The van der Waals surface area contributed by atoms with Gasteiger partial charge in [0.1, 0.15) is 24.0 Å². The number of benzene rings is 2. The van der Waals surface area contributed by atoms with Crippen molar-refractivity contribution in [1.82, 2.24) is 20.1 Å². The number of amides is 2. The fraction of sp³-hybridized carbons (Fsp3) is 0.290. The van der Waals surface area contributed by atoms with Crippen LogP contribution in [0.4, 0.5) is 26.3 Å². The first kappa shape index (κ1) is 30.3. The number of rotatable bonds is 8. The number of aliphatic hydroxyl groups is 1. The molecule has 2 aromatic heterocycles. The second-order valence-electron chi connectivity index (χ2n) is 11.3. The molecule has 6 rings (SSSR count). The van der Waals surface area contributed by atoms with Crippen molar-refractivity contribution in [2.45, 2.75) is 44.1 Å². The average Bonchev–Trinajstić information content (AvgIpc) is 3.30. The van der Waals surface area contributed by atoms with Gasteiger partial charge in [-0.3, -0.25) is 19.3 Å². The van der Waals surface area contributed by atoms with Gasteiger partial charge in [-0.25, -0.2) is 13.2 Å². The van der Waals surface area contributed by atoms with E-state index in [4.69, 9.17) is 5.73 Å². The summed E-state index contributed by atoms with van der Waals surface area (Å²) in [5.74, 6) is -5.57. The number of nitrogens with two attached hydrogens (primary N) is 1. The number of hydrogen-bond acceptors (Lipinski definition) is 5. The normalized spacial score (nSPS) is 20.8. The Kier molecular flexibility index (Phi) is 7.42. The first-order valence-corrected chi connectivity index (χ1v) is 13.9. The molecule has 0 spiro atoms. The summed E-state index contributed by atoms with van der Waals surface area (Å²) in [6.07, 6.45) is -4.89. The summed E-state index contributed by atoms with van der Waals surface area (Å²) in [5, 5.41) is 17.1. The lowest BCUT2D eigenvalue weighted by Gasteiger charge is -2.22. The van der Waals surface area contributed by atoms with E-state index in [2.05, 4.69) is 15.4 Å². The molecule has 2 aromatic carbocycles. The summed E-state index contributed by atoms with van der Waals surface area (Å²) in [5.41, 5.74) is 4.43. The van der Waals surface area contributed by atoms with Crippen LogP contribution in [0.25, 0.3) is 11.1 Å². The molecule has 1 saturated carbocycles. The fourth-order valence-electron chi connectivity index (χ4n) is 6.45. The molecule has 4 aromatic rings. The van der Waals surface area contributed by atoms with Gasteiger partial charge < -0.3 is 16.2 Å². The first-order chi connectivity index (χ1) is 21.2. The Morgan fingerprint density at radius 3 is 2.47 bits per heavy atom. The van der Waals surface area contributed by atoms with Gasteiger partial charge in [-0.05, 0) is 59.7 Å². The average molecular weight is 630 g/mol. The maximum atomic E-state index is 14.2. The predicted octanol–water partition coefficient (Wildman–Crippen LogP) is 4.98. The smallest absolute Gasteiger partial charge is 0.386 e. The van der Waals surface area contributed by atoms with Gasteiger partial charge in [0.15, 0.2) is 5.69 Å². The molecular weight excluding hydrogens is 604 g/mol. The van der Waals surface area contributed by atoms with Gasteiger partial charge in [-0.2, -0.15) is 18.3 Å². The number of aliphatic hydroxyl groups excluding tert-OH is 1. The number of nitrogens with zero attached hydrogens (tertiary/aromatic N) is 3. The van der Waals surface area contributed by atoms with Crippen LogP contribution in [0.5, 0.6) is 0 Å². The molecule has 4 N–H and O–H groups in total. The zero-order chi connectivity index (χ0) is 32.4. The monoisotopic (exact) mass is 629 g/mol. The molecular formula is C31H25F6N5O3. The Balaban J connectivity index is 1.37. The van der Waals surface area contributed by atoms with Crippen LogP contribution < -0.4 is 11.1 Å². The van der Waals surface area contributed by atoms with E-state index < -0.39 is 77.2 Å². The minimum Gasteiger partial charge on any atom is -0.386 e. The third kappa shape index (κ3) is 5.54. The van der Waals surface area contributed by atoms with Gasteiger partial charge in [0.2, 0.25) is 5.91 Å². The molecule has 2 aliphatic rings. The highest BCUT2D eigenvalue weighted by atomic mass is 19.4. The summed E-state index contributed by atoms with van der Waals surface area (Å²) >= 11 is 0. The largest absolute Gasteiger partial charge is 0.435 e. The lowest BCUT2D eigenvalue weighted by atomic mass is 9.94.